The number of carbonyl (C=O) groups is 4. The molecule has 15 heteroatoms. The molecule has 5 atom stereocenters. The lowest BCUT2D eigenvalue weighted by molar-refractivity contribution is -0.264. The molecule has 0 bridgehead atoms. The van der Waals surface area contributed by atoms with E-state index in [4.69, 9.17) is 4.74 Å². The van der Waals surface area contributed by atoms with E-state index in [-0.39, 0.29) is 31.2 Å². The fourth-order valence-electron chi connectivity index (χ4n) is 7.06. The summed E-state index contributed by atoms with van der Waals surface area (Å²) in [6.07, 6.45) is 11.1. The zero-order valence-corrected chi connectivity index (χ0v) is 28.4. The highest BCUT2D eigenvalue weighted by Crippen LogP contribution is 2.45. The number of alkyl halides is 2. The van der Waals surface area contributed by atoms with Crippen LogP contribution in [-0.4, -0.2) is 106 Å². The third-order valence-corrected chi connectivity index (χ3v) is 11.2. The molecule has 49 heavy (non-hydrogen) atoms. The van der Waals surface area contributed by atoms with Crippen molar-refractivity contribution in [1.82, 2.24) is 20.4 Å². The first-order valence-electron chi connectivity index (χ1n) is 17.4. The summed E-state index contributed by atoms with van der Waals surface area (Å²) in [6, 6.07) is -2.24. The van der Waals surface area contributed by atoms with E-state index in [0.717, 1.165) is 56.9 Å². The molecule has 3 fully saturated rings. The Morgan fingerprint density at radius 1 is 1.14 bits per heavy atom. The Balaban J connectivity index is 1.22. The predicted octanol–water partition coefficient (Wildman–Crippen LogP) is 3.05. The fourth-order valence-corrected chi connectivity index (χ4v) is 7.89. The molecule has 0 aromatic carbocycles. The number of amides is 4. The van der Waals surface area contributed by atoms with Gasteiger partial charge in [0.15, 0.2) is 24.1 Å². The number of hydrogen-bond acceptors (Lipinski definition) is 7. The smallest absolute Gasteiger partial charge is 0.410 e. The zero-order valence-electron chi connectivity index (χ0n) is 27.5. The first kappa shape index (κ1) is 35.2. The van der Waals surface area contributed by atoms with Crippen LogP contribution < -0.4 is 15.0 Å². The minimum Gasteiger partial charge on any atom is -0.461 e. The van der Waals surface area contributed by atoms with Crippen molar-refractivity contribution < 1.29 is 46.9 Å². The molecule has 6 rings (SSSR count). The number of nitrogens with zero attached hydrogens (tertiary/aromatic N) is 2. The van der Waals surface area contributed by atoms with Gasteiger partial charge < -0.3 is 35.0 Å². The highest BCUT2D eigenvalue weighted by atomic mass is 32.2. The van der Waals surface area contributed by atoms with Crippen LogP contribution in [0.25, 0.3) is 0 Å². The monoisotopic (exact) mass is 706 g/mol. The van der Waals surface area contributed by atoms with Gasteiger partial charge in [-0.3, -0.25) is 9.59 Å². The predicted molar refractivity (Wildman–Crippen MR) is 177 cm³/mol. The summed E-state index contributed by atoms with van der Waals surface area (Å²) in [5, 5.41) is 17.1. The van der Waals surface area contributed by atoms with Gasteiger partial charge in [0, 0.05) is 25.4 Å². The Morgan fingerprint density at radius 2 is 1.98 bits per heavy atom. The van der Waals surface area contributed by atoms with Gasteiger partial charge in [-0.1, -0.05) is 42.7 Å². The van der Waals surface area contributed by atoms with Crippen molar-refractivity contribution in [2.75, 3.05) is 26.2 Å². The van der Waals surface area contributed by atoms with E-state index < -0.39 is 60.8 Å². The van der Waals surface area contributed by atoms with Crippen molar-refractivity contribution >= 4 is 41.8 Å². The summed E-state index contributed by atoms with van der Waals surface area (Å²) in [5.74, 6) is -1.33. The Morgan fingerprint density at radius 3 is 2.78 bits per heavy atom. The van der Waals surface area contributed by atoms with E-state index in [1.807, 2.05) is 18.2 Å². The van der Waals surface area contributed by atoms with E-state index in [0.29, 0.717) is 31.2 Å². The van der Waals surface area contributed by atoms with Crippen LogP contribution in [-0.2, 0) is 19.1 Å². The van der Waals surface area contributed by atoms with Crippen molar-refractivity contribution in [1.29, 1.82) is 0 Å². The average molecular weight is 707 g/mol. The molecule has 0 aromatic rings. The molecule has 1 saturated heterocycles. The summed E-state index contributed by atoms with van der Waals surface area (Å²) in [4.78, 5) is 57.0. The van der Waals surface area contributed by atoms with Crippen LogP contribution in [0.5, 0.6) is 0 Å². The molecule has 268 valence electrons. The molecule has 3 aliphatic carbocycles. The molecule has 0 unspecified atom stereocenters. The van der Waals surface area contributed by atoms with Gasteiger partial charge in [0.2, 0.25) is 11.8 Å². The Labute approximate surface area is 288 Å². The summed E-state index contributed by atoms with van der Waals surface area (Å²) in [6.45, 7) is -0.283. The topological polar surface area (TPSA) is 151 Å². The summed E-state index contributed by atoms with van der Waals surface area (Å²) in [5.41, 5.74) is 1.39. The molecule has 2 saturated carbocycles. The minimum absolute atomic E-state index is 0.00908. The maximum atomic E-state index is 14.1. The van der Waals surface area contributed by atoms with Crippen LogP contribution in [0.1, 0.15) is 77.0 Å². The van der Waals surface area contributed by atoms with E-state index in [9.17, 15) is 33.1 Å². The molecule has 3 heterocycles. The molecule has 4 amide bonds. The number of ether oxygens (including phenoxy) is 2. The van der Waals surface area contributed by atoms with Gasteiger partial charge >= 0.3 is 18.1 Å². The molecule has 3 aliphatic heterocycles. The number of carbonyl (C=O) groups excluding carboxylic acids is 4. The van der Waals surface area contributed by atoms with Gasteiger partial charge in [-0.2, -0.15) is 0 Å². The van der Waals surface area contributed by atoms with Crippen molar-refractivity contribution in [3.05, 3.63) is 35.5 Å². The second kappa shape index (κ2) is 15.5. The van der Waals surface area contributed by atoms with Gasteiger partial charge in [0.1, 0.15) is 18.2 Å². The van der Waals surface area contributed by atoms with Gasteiger partial charge in [-0.15, -0.1) is 4.40 Å². The van der Waals surface area contributed by atoms with Crippen molar-refractivity contribution in [2.24, 2.45) is 5.92 Å². The van der Waals surface area contributed by atoms with Crippen LogP contribution in [0.15, 0.2) is 35.5 Å². The number of rotatable bonds is 7. The molecule has 6 aliphatic rings. The van der Waals surface area contributed by atoms with Gasteiger partial charge in [0.05, 0.1) is 11.8 Å². The van der Waals surface area contributed by atoms with E-state index in [2.05, 4.69) is 25.8 Å². The molecule has 12 nitrogen and oxygen atoms in total. The third kappa shape index (κ3) is 8.76. The molecular weight excluding hydrogens is 660 g/mol. The Hall–Kier alpha value is -3.62. The van der Waals surface area contributed by atoms with Gasteiger partial charge in [-0.25, -0.2) is 18.4 Å². The second-order valence-corrected chi connectivity index (χ2v) is 14.9. The first-order valence-corrected chi connectivity index (χ1v) is 18.3. The molecule has 0 radical (unpaired) electrons. The molecular formula is C34H46F2N5O7S+. The standard InChI is InChI=1S/C34H45F2N5O7S/c35-28(36)20-47-32(45)37-26-11-5-3-1-2-4-10-23-17-34(23,31(44)39-49-25-12-13-25)38-29(42)27-16-24(19-41(27)30(26)43)48-33(46)40-15-14-21-8-6-7-9-22(21)18-40/h4,7,9-10,23-28H,1-3,5-6,8,11-20H2,(H,37,45)(H,38,42)(H,39,44)/p+1/b10-4-/t23-,24-,26+,27+,34-/m1/s1. The number of halogens is 2. The minimum atomic E-state index is -2.87. The SMILES string of the molecule is O=C(N[C@H]1CCCCC/C=C\[C@@H]2C[C@@]2(C(O)=[NH+]SC2CC2)NC(=O)[C@@H]2C[C@@H](OC(=O)N3CCC4=C(C=CCC4)C3)CN2C1=O)OCC(F)F. The quantitative estimate of drug-likeness (QED) is 0.137. The number of aliphatic hydroxyl groups is 1. The van der Waals surface area contributed by atoms with E-state index in [1.165, 1.54) is 22.4 Å². The summed E-state index contributed by atoms with van der Waals surface area (Å²) in [7, 11) is 0. The number of aliphatic hydroxyl groups excluding tert-OH is 1. The van der Waals surface area contributed by atoms with Crippen LogP contribution in [0.3, 0.4) is 0 Å². The largest absolute Gasteiger partial charge is 0.461 e. The summed E-state index contributed by atoms with van der Waals surface area (Å²) >= 11 is 1.42. The molecule has 4 N–H and O–H groups in total. The van der Waals surface area contributed by atoms with Crippen LogP contribution >= 0.6 is 11.9 Å². The number of hydrogen-bond donors (Lipinski definition) is 4. The average Bonchev–Trinajstić information content (AvgIpc) is 4.01. The molecule has 0 spiro atoms. The van der Waals surface area contributed by atoms with Gasteiger partial charge in [0.25, 0.3) is 6.43 Å². The van der Waals surface area contributed by atoms with Gasteiger partial charge in [-0.05, 0) is 63.4 Å². The number of alkyl carbamates (subject to hydrolysis) is 1. The maximum absolute atomic E-state index is 14.1. The number of fused-ring (bicyclic) bond motifs is 2. The Kier molecular flexibility index (Phi) is 11.1. The fraction of sp³-hybridized carbons (Fsp3) is 0.676. The van der Waals surface area contributed by atoms with Crippen LogP contribution in [0, 0.1) is 5.92 Å². The lowest BCUT2D eigenvalue weighted by Gasteiger charge is -2.31. The maximum Gasteiger partial charge on any atom is 0.410 e. The number of allylic oxidation sites excluding steroid dienone is 2. The third-order valence-electron chi connectivity index (χ3n) is 10.1. The number of nitrogens with one attached hydrogen (secondary N) is 3. The van der Waals surface area contributed by atoms with Crippen molar-refractivity contribution in [2.45, 2.75) is 112 Å². The highest BCUT2D eigenvalue weighted by Gasteiger charge is 2.63. The van der Waals surface area contributed by atoms with Crippen molar-refractivity contribution in [3.63, 3.8) is 0 Å². The second-order valence-electron chi connectivity index (χ2n) is 13.8. The zero-order chi connectivity index (χ0) is 34.5. The highest BCUT2D eigenvalue weighted by molar-refractivity contribution is 7.93. The van der Waals surface area contributed by atoms with Crippen molar-refractivity contribution in [3.8, 4) is 0 Å². The van der Waals surface area contributed by atoms with E-state index in [1.54, 1.807) is 4.90 Å². The van der Waals surface area contributed by atoms with Crippen LogP contribution in [0.4, 0.5) is 18.4 Å². The van der Waals surface area contributed by atoms with E-state index >= 15 is 0 Å². The lowest BCUT2D eigenvalue weighted by atomic mass is 9.92. The Bertz CT molecular complexity index is 1420. The molecule has 0 aromatic heterocycles. The van der Waals surface area contributed by atoms with Crippen LogP contribution in [0.2, 0.25) is 0 Å². The first-order chi connectivity index (χ1) is 23.6. The summed E-state index contributed by atoms with van der Waals surface area (Å²) < 4.78 is 39.1. The normalized spacial score (nSPS) is 31.5. The lowest BCUT2D eigenvalue weighted by Crippen LogP contribution is -2.72.